The number of aromatic nitrogens is 5. The van der Waals surface area contributed by atoms with Crippen LogP contribution in [0.2, 0.25) is 0 Å². The van der Waals surface area contributed by atoms with Gasteiger partial charge in [0.05, 0.1) is 12.2 Å². The summed E-state index contributed by atoms with van der Waals surface area (Å²) in [5.74, 6) is 2.14. The second-order valence-corrected chi connectivity index (χ2v) is 6.23. The Kier molecular flexibility index (Phi) is 4.10. The Bertz CT molecular complexity index is 862. The van der Waals surface area contributed by atoms with Crippen molar-refractivity contribution in [2.45, 2.75) is 19.5 Å². The van der Waals surface area contributed by atoms with E-state index in [-0.39, 0.29) is 0 Å². The van der Waals surface area contributed by atoms with E-state index in [1.165, 1.54) is 5.56 Å². The zero-order valence-electron chi connectivity index (χ0n) is 14.3. The molecular formula is C17H19N7O. The Morgan fingerprint density at radius 3 is 3.00 bits per heavy atom. The van der Waals surface area contributed by atoms with E-state index >= 15 is 0 Å². The van der Waals surface area contributed by atoms with Gasteiger partial charge in [0.2, 0.25) is 11.7 Å². The highest BCUT2D eigenvalue weighted by atomic mass is 16.5. The third kappa shape index (κ3) is 3.20. The second kappa shape index (κ2) is 6.56. The van der Waals surface area contributed by atoms with Gasteiger partial charge in [0.1, 0.15) is 12.1 Å². The molecule has 0 spiro atoms. The fourth-order valence-electron chi connectivity index (χ4n) is 3.03. The van der Waals surface area contributed by atoms with Crippen molar-refractivity contribution in [2.24, 2.45) is 0 Å². The van der Waals surface area contributed by atoms with Crippen LogP contribution < -0.4 is 4.90 Å². The fourth-order valence-corrected chi connectivity index (χ4v) is 3.03. The van der Waals surface area contributed by atoms with Crippen molar-refractivity contribution in [3.63, 3.8) is 0 Å². The quantitative estimate of drug-likeness (QED) is 0.709. The SMILES string of the molecule is CN(C)c1ncnc2c1CN(Cc1nc(-c3cccnc3)no1)CC2. The van der Waals surface area contributed by atoms with E-state index in [0.717, 1.165) is 36.6 Å². The summed E-state index contributed by atoms with van der Waals surface area (Å²) in [5.41, 5.74) is 3.15. The standard InChI is InChI=1S/C17H19N7O/c1-23(2)17-13-9-24(7-5-14(13)19-11-20-17)10-15-21-16(22-25-15)12-4-3-6-18-8-12/h3-4,6,8,11H,5,7,9-10H2,1-2H3. The van der Waals surface area contributed by atoms with Crippen molar-refractivity contribution < 1.29 is 4.52 Å². The maximum Gasteiger partial charge on any atom is 0.241 e. The van der Waals surface area contributed by atoms with Crippen LogP contribution in [0.4, 0.5) is 5.82 Å². The molecule has 8 nitrogen and oxygen atoms in total. The fraction of sp³-hybridized carbons (Fsp3) is 0.353. The molecule has 3 aromatic rings. The minimum Gasteiger partial charge on any atom is -0.362 e. The molecule has 25 heavy (non-hydrogen) atoms. The highest BCUT2D eigenvalue weighted by Crippen LogP contribution is 2.25. The summed E-state index contributed by atoms with van der Waals surface area (Å²) < 4.78 is 5.42. The van der Waals surface area contributed by atoms with E-state index in [9.17, 15) is 0 Å². The summed E-state index contributed by atoms with van der Waals surface area (Å²) in [6, 6.07) is 3.77. The molecule has 128 valence electrons. The molecule has 0 N–H and O–H groups in total. The van der Waals surface area contributed by atoms with Crippen LogP contribution in [-0.4, -0.2) is 50.6 Å². The van der Waals surface area contributed by atoms with Crippen LogP contribution in [0.5, 0.6) is 0 Å². The second-order valence-electron chi connectivity index (χ2n) is 6.23. The van der Waals surface area contributed by atoms with Crippen molar-refractivity contribution in [3.05, 3.63) is 48.0 Å². The monoisotopic (exact) mass is 337 g/mol. The van der Waals surface area contributed by atoms with E-state index < -0.39 is 0 Å². The molecule has 4 heterocycles. The van der Waals surface area contributed by atoms with Gasteiger partial charge in [-0.15, -0.1) is 0 Å². The zero-order chi connectivity index (χ0) is 17.2. The number of rotatable bonds is 4. The summed E-state index contributed by atoms with van der Waals surface area (Å²) >= 11 is 0. The summed E-state index contributed by atoms with van der Waals surface area (Å²) in [5, 5.41) is 4.06. The lowest BCUT2D eigenvalue weighted by molar-refractivity contribution is 0.209. The lowest BCUT2D eigenvalue weighted by atomic mass is 10.1. The third-order valence-corrected chi connectivity index (χ3v) is 4.23. The largest absolute Gasteiger partial charge is 0.362 e. The van der Waals surface area contributed by atoms with Crippen LogP contribution in [0.1, 0.15) is 17.1 Å². The van der Waals surface area contributed by atoms with Gasteiger partial charge < -0.3 is 9.42 Å². The first kappa shape index (κ1) is 15.6. The van der Waals surface area contributed by atoms with Gasteiger partial charge in [-0.2, -0.15) is 4.98 Å². The molecule has 3 aromatic heterocycles. The van der Waals surface area contributed by atoms with Gasteiger partial charge in [0.25, 0.3) is 0 Å². The Morgan fingerprint density at radius 2 is 2.20 bits per heavy atom. The first-order valence-electron chi connectivity index (χ1n) is 8.16. The molecule has 4 rings (SSSR count). The van der Waals surface area contributed by atoms with Gasteiger partial charge >= 0.3 is 0 Å². The average Bonchev–Trinajstić information content (AvgIpc) is 3.10. The number of anilines is 1. The summed E-state index contributed by atoms with van der Waals surface area (Å²) in [7, 11) is 4.00. The highest BCUT2D eigenvalue weighted by Gasteiger charge is 2.23. The average molecular weight is 337 g/mol. The smallest absolute Gasteiger partial charge is 0.241 e. The molecule has 0 amide bonds. The van der Waals surface area contributed by atoms with Crippen molar-refractivity contribution in [1.82, 2.24) is 30.0 Å². The number of hydrogen-bond acceptors (Lipinski definition) is 8. The lowest BCUT2D eigenvalue weighted by Crippen LogP contribution is -2.32. The topological polar surface area (TPSA) is 84.1 Å². The molecule has 0 aromatic carbocycles. The molecule has 0 radical (unpaired) electrons. The maximum absolute atomic E-state index is 5.42. The van der Waals surface area contributed by atoms with E-state index in [1.54, 1.807) is 18.7 Å². The van der Waals surface area contributed by atoms with Crippen molar-refractivity contribution in [1.29, 1.82) is 0 Å². The molecule has 0 aliphatic carbocycles. The Hall–Kier alpha value is -2.87. The first-order valence-corrected chi connectivity index (χ1v) is 8.16. The van der Waals surface area contributed by atoms with Crippen LogP contribution in [0.15, 0.2) is 35.4 Å². The van der Waals surface area contributed by atoms with Crippen LogP contribution >= 0.6 is 0 Å². The number of pyridine rings is 1. The first-order chi connectivity index (χ1) is 12.2. The van der Waals surface area contributed by atoms with Gasteiger partial charge in [0, 0.05) is 57.1 Å². The van der Waals surface area contributed by atoms with Gasteiger partial charge in [-0.05, 0) is 12.1 Å². The van der Waals surface area contributed by atoms with Crippen molar-refractivity contribution >= 4 is 5.82 Å². The van der Waals surface area contributed by atoms with Crippen LogP contribution in [0, 0.1) is 0 Å². The number of fused-ring (bicyclic) bond motifs is 1. The van der Waals surface area contributed by atoms with E-state index in [4.69, 9.17) is 4.52 Å². The molecule has 0 saturated carbocycles. The highest BCUT2D eigenvalue weighted by molar-refractivity contribution is 5.52. The molecule has 0 atom stereocenters. The van der Waals surface area contributed by atoms with Gasteiger partial charge in [-0.1, -0.05) is 5.16 Å². The normalized spacial score (nSPS) is 14.3. The van der Waals surface area contributed by atoms with Crippen molar-refractivity contribution in [2.75, 3.05) is 25.5 Å². The van der Waals surface area contributed by atoms with Crippen LogP contribution in [-0.2, 0) is 19.5 Å². The van der Waals surface area contributed by atoms with E-state index in [0.29, 0.717) is 18.3 Å². The van der Waals surface area contributed by atoms with Crippen molar-refractivity contribution in [3.8, 4) is 11.4 Å². The molecule has 0 bridgehead atoms. The molecule has 0 saturated heterocycles. The van der Waals surface area contributed by atoms with Gasteiger partial charge in [-0.25, -0.2) is 9.97 Å². The van der Waals surface area contributed by atoms with E-state index in [1.807, 2.05) is 31.1 Å². The predicted molar refractivity (Wildman–Crippen MR) is 91.7 cm³/mol. The minimum atomic E-state index is 0.567. The summed E-state index contributed by atoms with van der Waals surface area (Å²) in [4.78, 5) is 21.7. The Labute approximate surface area is 145 Å². The third-order valence-electron chi connectivity index (χ3n) is 4.23. The van der Waals surface area contributed by atoms with E-state index in [2.05, 4.69) is 30.0 Å². The summed E-state index contributed by atoms with van der Waals surface area (Å²) in [6.07, 6.45) is 5.98. The molecule has 0 unspecified atom stereocenters. The minimum absolute atomic E-state index is 0.567. The molecular weight excluding hydrogens is 318 g/mol. The maximum atomic E-state index is 5.42. The Morgan fingerprint density at radius 1 is 1.28 bits per heavy atom. The Balaban J connectivity index is 1.51. The van der Waals surface area contributed by atoms with Crippen LogP contribution in [0.3, 0.4) is 0 Å². The number of nitrogens with zero attached hydrogens (tertiary/aromatic N) is 7. The number of hydrogen-bond donors (Lipinski definition) is 0. The molecule has 0 fully saturated rings. The zero-order valence-corrected chi connectivity index (χ0v) is 14.3. The van der Waals surface area contributed by atoms with Gasteiger partial charge in [0.15, 0.2) is 0 Å². The summed E-state index contributed by atoms with van der Waals surface area (Å²) in [6.45, 7) is 2.28. The van der Waals surface area contributed by atoms with Gasteiger partial charge in [-0.3, -0.25) is 9.88 Å². The molecule has 1 aliphatic rings. The lowest BCUT2D eigenvalue weighted by Gasteiger charge is -2.29. The predicted octanol–water partition coefficient (Wildman–Crippen LogP) is 1.55. The molecule has 8 heteroatoms. The molecule has 1 aliphatic heterocycles. The van der Waals surface area contributed by atoms with Crippen LogP contribution in [0.25, 0.3) is 11.4 Å².